The van der Waals surface area contributed by atoms with Crippen LogP contribution in [0.4, 0.5) is 5.69 Å². The minimum absolute atomic E-state index is 0.00640. The lowest BCUT2D eigenvalue weighted by atomic mass is 10.1. The third kappa shape index (κ3) is 5.18. The molecule has 0 saturated heterocycles. The van der Waals surface area contributed by atoms with Gasteiger partial charge in [0.25, 0.3) is 0 Å². The van der Waals surface area contributed by atoms with Crippen molar-refractivity contribution in [3.63, 3.8) is 0 Å². The predicted octanol–water partition coefficient (Wildman–Crippen LogP) is 4.24. The molecule has 1 amide bonds. The number of amides is 1. The SMILES string of the molecule is CC(=O)c1ccc(NC(=O)CCSc2nncn2-c2cccc(Cl)c2)cc1. The van der Waals surface area contributed by atoms with Gasteiger partial charge in [0.05, 0.1) is 5.69 Å². The summed E-state index contributed by atoms with van der Waals surface area (Å²) in [5.74, 6) is 0.441. The van der Waals surface area contributed by atoms with E-state index in [4.69, 9.17) is 11.6 Å². The summed E-state index contributed by atoms with van der Waals surface area (Å²) >= 11 is 7.47. The number of ketones is 1. The molecule has 27 heavy (non-hydrogen) atoms. The Balaban J connectivity index is 1.54. The molecule has 0 fully saturated rings. The predicted molar refractivity (Wildman–Crippen MR) is 107 cm³/mol. The van der Waals surface area contributed by atoms with Gasteiger partial charge >= 0.3 is 0 Å². The van der Waals surface area contributed by atoms with E-state index < -0.39 is 0 Å². The van der Waals surface area contributed by atoms with Crippen LogP contribution in [0, 0.1) is 0 Å². The number of benzene rings is 2. The first-order valence-corrected chi connectivity index (χ1v) is 9.59. The van der Waals surface area contributed by atoms with E-state index in [1.54, 1.807) is 36.7 Å². The highest BCUT2D eigenvalue weighted by Crippen LogP contribution is 2.22. The zero-order valence-electron chi connectivity index (χ0n) is 14.6. The molecule has 0 aliphatic heterocycles. The van der Waals surface area contributed by atoms with Crippen LogP contribution in [0.5, 0.6) is 0 Å². The number of carbonyl (C=O) groups is 2. The van der Waals surface area contributed by atoms with Crippen LogP contribution in [-0.4, -0.2) is 32.2 Å². The molecule has 8 heteroatoms. The van der Waals surface area contributed by atoms with Crippen molar-refractivity contribution in [2.45, 2.75) is 18.5 Å². The van der Waals surface area contributed by atoms with Crippen molar-refractivity contribution in [2.75, 3.05) is 11.1 Å². The highest BCUT2D eigenvalue weighted by atomic mass is 35.5. The summed E-state index contributed by atoms with van der Waals surface area (Å²) in [6.07, 6.45) is 1.94. The Morgan fingerprint density at radius 2 is 1.96 bits per heavy atom. The fourth-order valence-electron chi connectivity index (χ4n) is 2.37. The maximum Gasteiger partial charge on any atom is 0.225 e. The van der Waals surface area contributed by atoms with Crippen molar-refractivity contribution in [1.29, 1.82) is 0 Å². The monoisotopic (exact) mass is 400 g/mol. The molecule has 1 N–H and O–H groups in total. The lowest BCUT2D eigenvalue weighted by molar-refractivity contribution is -0.115. The normalized spacial score (nSPS) is 10.6. The molecule has 6 nitrogen and oxygen atoms in total. The maximum atomic E-state index is 12.1. The lowest BCUT2D eigenvalue weighted by Gasteiger charge is -2.07. The molecule has 0 aliphatic carbocycles. The molecular weight excluding hydrogens is 384 g/mol. The number of halogens is 1. The summed E-state index contributed by atoms with van der Waals surface area (Å²) in [4.78, 5) is 23.4. The summed E-state index contributed by atoms with van der Waals surface area (Å²) in [5.41, 5.74) is 2.14. The number of Topliss-reactive ketones (excluding diaryl/α,β-unsaturated/α-hetero) is 1. The van der Waals surface area contributed by atoms with E-state index in [1.807, 2.05) is 22.8 Å². The average Bonchev–Trinajstić information content (AvgIpc) is 3.10. The zero-order valence-corrected chi connectivity index (χ0v) is 16.1. The molecule has 1 heterocycles. The van der Waals surface area contributed by atoms with Gasteiger partial charge in [-0.25, -0.2) is 0 Å². The maximum absolute atomic E-state index is 12.1. The van der Waals surface area contributed by atoms with E-state index >= 15 is 0 Å². The highest BCUT2D eigenvalue weighted by Gasteiger charge is 2.09. The van der Waals surface area contributed by atoms with Crippen LogP contribution < -0.4 is 5.32 Å². The number of hydrogen-bond acceptors (Lipinski definition) is 5. The number of nitrogens with zero attached hydrogens (tertiary/aromatic N) is 3. The van der Waals surface area contributed by atoms with Crippen molar-refractivity contribution in [3.05, 3.63) is 65.4 Å². The van der Waals surface area contributed by atoms with E-state index in [1.165, 1.54) is 18.7 Å². The Morgan fingerprint density at radius 1 is 1.19 bits per heavy atom. The van der Waals surface area contributed by atoms with Crippen LogP contribution in [0.25, 0.3) is 5.69 Å². The van der Waals surface area contributed by atoms with E-state index in [2.05, 4.69) is 15.5 Å². The first-order chi connectivity index (χ1) is 13.0. The van der Waals surface area contributed by atoms with Crippen LogP contribution in [0.2, 0.25) is 5.02 Å². The number of thioether (sulfide) groups is 1. The fraction of sp³-hybridized carbons (Fsp3) is 0.158. The standard InChI is InChI=1S/C19H17ClN4O2S/c1-13(25)14-5-7-16(8-6-14)22-18(26)9-10-27-19-23-21-12-24(19)17-4-2-3-15(20)11-17/h2-8,11-12H,9-10H2,1H3,(H,22,26). The number of hydrogen-bond donors (Lipinski definition) is 1. The smallest absolute Gasteiger partial charge is 0.225 e. The van der Waals surface area contributed by atoms with Gasteiger partial charge < -0.3 is 5.32 Å². The molecule has 3 rings (SSSR count). The quantitative estimate of drug-likeness (QED) is 0.474. The third-order valence-corrected chi connectivity index (χ3v) is 4.92. The molecule has 2 aromatic carbocycles. The molecule has 0 spiro atoms. The van der Waals surface area contributed by atoms with Crippen molar-refractivity contribution in [2.24, 2.45) is 0 Å². The first-order valence-electron chi connectivity index (χ1n) is 8.22. The van der Waals surface area contributed by atoms with Gasteiger partial charge in [-0.3, -0.25) is 14.2 Å². The molecule has 3 aromatic rings. The van der Waals surface area contributed by atoms with Crippen molar-refractivity contribution in [1.82, 2.24) is 14.8 Å². The number of carbonyl (C=O) groups excluding carboxylic acids is 2. The second kappa shape index (κ2) is 8.83. The summed E-state index contributed by atoms with van der Waals surface area (Å²) in [6, 6.07) is 14.2. The molecule has 138 valence electrons. The summed E-state index contributed by atoms with van der Waals surface area (Å²) in [6.45, 7) is 1.51. The highest BCUT2D eigenvalue weighted by molar-refractivity contribution is 7.99. The van der Waals surface area contributed by atoms with Crippen LogP contribution in [0.15, 0.2) is 60.0 Å². The van der Waals surface area contributed by atoms with Gasteiger partial charge in [-0.05, 0) is 49.4 Å². The van der Waals surface area contributed by atoms with Crippen LogP contribution >= 0.6 is 23.4 Å². The topological polar surface area (TPSA) is 76.9 Å². The molecule has 0 atom stereocenters. The van der Waals surface area contributed by atoms with E-state index in [-0.39, 0.29) is 11.7 Å². The van der Waals surface area contributed by atoms with Crippen molar-refractivity contribution < 1.29 is 9.59 Å². The molecule has 0 aliphatic rings. The lowest BCUT2D eigenvalue weighted by Crippen LogP contribution is -2.12. The van der Waals surface area contributed by atoms with Gasteiger partial charge in [-0.2, -0.15) is 0 Å². The van der Waals surface area contributed by atoms with Crippen molar-refractivity contribution >= 4 is 40.7 Å². The molecule has 0 saturated carbocycles. The fourth-order valence-corrected chi connectivity index (χ4v) is 3.42. The largest absolute Gasteiger partial charge is 0.326 e. The molecule has 0 radical (unpaired) electrons. The molecule has 0 bridgehead atoms. The Bertz CT molecular complexity index is 956. The van der Waals surface area contributed by atoms with Crippen LogP contribution in [0.1, 0.15) is 23.7 Å². The third-order valence-electron chi connectivity index (χ3n) is 3.74. The minimum Gasteiger partial charge on any atom is -0.326 e. The van der Waals surface area contributed by atoms with Crippen LogP contribution in [0.3, 0.4) is 0 Å². The van der Waals surface area contributed by atoms with Crippen LogP contribution in [-0.2, 0) is 4.79 Å². The Morgan fingerprint density at radius 3 is 2.67 bits per heavy atom. The van der Waals surface area contributed by atoms with Gasteiger partial charge in [0.15, 0.2) is 10.9 Å². The second-order valence-electron chi connectivity index (χ2n) is 5.74. The Hall–Kier alpha value is -2.64. The minimum atomic E-state index is -0.105. The summed E-state index contributed by atoms with van der Waals surface area (Å²) in [5, 5.41) is 12.2. The summed E-state index contributed by atoms with van der Waals surface area (Å²) in [7, 11) is 0. The average molecular weight is 401 g/mol. The van der Waals surface area contributed by atoms with Gasteiger partial charge in [-0.15, -0.1) is 10.2 Å². The van der Waals surface area contributed by atoms with Gasteiger partial charge in [-0.1, -0.05) is 29.4 Å². The molecule has 0 unspecified atom stereocenters. The van der Waals surface area contributed by atoms with E-state index in [0.29, 0.717) is 33.6 Å². The Kier molecular flexibility index (Phi) is 6.26. The van der Waals surface area contributed by atoms with Gasteiger partial charge in [0, 0.05) is 28.4 Å². The number of anilines is 1. The zero-order chi connectivity index (χ0) is 19.2. The Labute approximate surface area is 165 Å². The second-order valence-corrected chi connectivity index (χ2v) is 7.24. The number of aromatic nitrogens is 3. The van der Waals surface area contributed by atoms with Gasteiger partial charge in [0.2, 0.25) is 5.91 Å². The van der Waals surface area contributed by atoms with Gasteiger partial charge in [0.1, 0.15) is 6.33 Å². The first kappa shape index (κ1) is 19.1. The molecule has 1 aromatic heterocycles. The number of nitrogens with one attached hydrogen (secondary N) is 1. The van der Waals surface area contributed by atoms with E-state index in [0.717, 1.165) is 5.69 Å². The van der Waals surface area contributed by atoms with Crippen molar-refractivity contribution in [3.8, 4) is 5.69 Å². The number of rotatable bonds is 7. The van der Waals surface area contributed by atoms with E-state index in [9.17, 15) is 9.59 Å². The summed E-state index contributed by atoms with van der Waals surface area (Å²) < 4.78 is 1.83. The molecular formula is C19H17ClN4O2S.